The zero-order valence-electron chi connectivity index (χ0n) is 14.1. The van der Waals surface area contributed by atoms with E-state index in [1.54, 1.807) is 0 Å². The third-order valence-electron chi connectivity index (χ3n) is 4.95. The van der Waals surface area contributed by atoms with Gasteiger partial charge in [-0.1, -0.05) is 20.3 Å². The Morgan fingerprint density at radius 2 is 1.73 bits per heavy atom. The van der Waals surface area contributed by atoms with Crippen molar-refractivity contribution in [3.05, 3.63) is 0 Å². The molecular weight excluding hydrogens is 321 g/mol. The second-order valence-corrected chi connectivity index (χ2v) is 6.26. The van der Waals surface area contributed by atoms with Gasteiger partial charge in [-0.25, -0.2) is 0 Å². The van der Waals surface area contributed by atoms with Gasteiger partial charge in [0.1, 0.15) is 0 Å². The standard InChI is InChI=1S/C16H31N3O.2ClH/c1-3-18(4-2)13-14-8-11-19(12-9-14)16(20)15-7-5-6-10-17-15;;/h14-15,17H,3-13H2,1-2H3;2*1H/t15-;;/m1../s1. The summed E-state index contributed by atoms with van der Waals surface area (Å²) in [6, 6.07) is 0.100. The Bertz CT molecular complexity index is 300. The normalized spacial score (nSPS) is 22.9. The first-order chi connectivity index (χ1) is 9.74. The highest BCUT2D eigenvalue weighted by Gasteiger charge is 2.29. The summed E-state index contributed by atoms with van der Waals surface area (Å²) in [5.41, 5.74) is 0. The van der Waals surface area contributed by atoms with E-state index in [4.69, 9.17) is 0 Å². The van der Waals surface area contributed by atoms with Crippen molar-refractivity contribution >= 4 is 30.7 Å². The van der Waals surface area contributed by atoms with Crippen LogP contribution in [0.2, 0.25) is 0 Å². The summed E-state index contributed by atoms with van der Waals surface area (Å²) >= 11 is 0. The van der Waals surface area contributed by atoms with Gasteiger partial charge in [-0.05, 0) is 51.2 Å². The van der Waals surface area contributed by atoms with Crippen LogP contribution in [0.1, 0.15) is 46.0 Å². The van der Waals surface area contributed by atoms with E-state index in [2.05, 4.69) is 29.0 Å². The van der Waals surface area contributed by atoms with Gasteiger partial charge in [-0.3, -0.25) is 4.79 Å². The van der Waals surface area contributed by atoms with E-state index in [0.29, 0.717) is 5.91 Å². The van der Waals surface area contributed by atoms with Gasteiger partial charge < -0.3 is 15.1 Å². The van der Waals surface area contributed by atoms with Gasteiger partial charge in [-0.2, -0.15) is 0 Å². The van der Waals surface area contributed by atoms with Gasteiger partial charge in [0.2, 0.25) is 5.91 Å². The van der Waals surface area contributed by atoms with Gasteiger partial charge >= 0.3 is 0 Å². The highest BCUT2D eigenvalue weighted by Crippen LogP contribution is 2.20. The molecular formula is C16H33Cl2N3O. The maximum absolute atomic E-state index is 12.4. The van der Waals surface area contributed by atoms with E-state index >= 15 is 0 Å². The number of carbonyl (C=O) groups is 1. The maximum atomic E-state index is 12.4. The zero-order chi connectivity index (χ0) is 14.4. The first-order valence-corrected chi connectivity index (χ1v) is 8.49. The van der Waals surface area contributed by atoms with Crippen molar-refractivity contribution in [1.29, 1.82) is 0 Å². The second kappa shape index (κ2) is 11.5. The number of rotatable bonds is 5. The number of piperidine rings is 2. The quantitative estimate of drug-likeness (QED) is 0.824. The predicted octanol–water partition coefficient (Wildman–Crippen LogP) is 2.55. The number of carbonyl (C=O) groups excluding carboxylic acids is 1. The molecule has 2 rings (SSSR count). The van der Waals surface area contributed by atoms with E-state index in [1.165, 1.54) is 32.2 Å². The maximum Gasteiger partial charge on any atom is 0.239 e. The Labute approximate surface area is 148 Å². The van der Waals surface area contributed by atoms with Crippen LogP contribution in [0.15, 0.2) is 0 Å². The minimum absolute atomic E-state index is 0. The molecule has 2 heterocycles. The van der Waals surface area contributed by atoms with Crippen molar-refractivity contribution in [2.24, 2.45) is 5.92 Å². The van der Waals surface area contributed by atoms with Crippen molar-refractivity contribution in [3.8, 4) is 0 Å². The van der Waals surface area contributed by atoms with Crippen molar-refractivity contribution in [3.63, 3.8) is 0 Å². The van der Waals surface area contributed by atoms with Crippen LogP contribution in [-0.4, -0.2) is 61.0 Å². The molecule has 0 aromatic heterocycles. The molecule has 0 unspecified atom stereocenters. The number of nitrogens with zero attached hydrogens (tertiary/aromatic N) is 2. The summed E-state index contributed by atoms with van der Waals surface area (Å²) in [6.07, 6.45) is 5.79. The lowest BCUT2D eigenvalue weighted by Gasteiger charge is -2.37. The third-order valence-corrected chi connectivity index (χ3v) is 4.95. The fourth-order valence-corrected chi connectivity index (χ4v) is 3.47. The molecule has 2 saturated heterocycles. The van der Waals surface area contributed by atoms with Gasteiger partial charge in [0, 0.05) is 19.6 Å². The Morgan fingerprint density at radius 3 is 2.23 bits per heavy atom. The molecule has 0 saturated carbocycles. The molecule has 22 heavy (non-hydrogen) atoms. The molecule has 0 aliphatic carbocycles. The van der Waals surface area contributed by atoms with Crippen LogP contribution >= 0.6 is 24.8 Å². The average molecular weight is 354 g/mol. The van der Waals surface area contributed by atoms with Crippen LogP contribution < -0.4 is 5.32 Å². The van der Waals surface area contributed by atoms with Crippen LogP contribution in [0, 0.1) is 5.92 Å². The summed E-state index contributed by atoms with van der Waals surface area (Å²) in [4.78, 5) is 17.1. The topological polar surface area (TPSA) is 35.6 Å². The van der Waals surface area contributed by atoms with Crippen molar-refractivity contribution in [1.82, 2.24) is 15.1 Å². The van der Waals surface area contributed by atoms with Gasteiger partial charge in [0.05, 0.1) is 6.04 Å². The van der Waals surface area contributed by atoms with Crippen LogP contribution in [0.3, 0.4) is 0 Å². The smallest absolute Gasteiger partial charge is 0.239 e. The van der Waals surface area contributed by atoms with Crippen molar-refractivity contribution < 1.29 is 4.79 Å². The van der Waals surface area contributed by atoms with Crippen molar-refractivity contribution in [2.75, 3.05) is 39.3 Å². The summed E-state index contributed by atoms with van der Waals surface area (Å²) in [7, 11) is 0. The Hall–Kier alpha value is -0.0300. The second-order valence-electron chi connectivity index (χ2n) is 6.26. The molecule has 0 aromatic carbocycles. The molecule has 0 bridgehead atoms. The molecule has 0 spiro atoms. The van der Waals surface area contributed by atoms with Crippen LogP contribution in [0.25, 0.3) is 0 Å². The summed E-state index contributed by atoms with van der Waals surface area (Å²) < 4.78 is 0. The SMILES string of the molecule is CCN(CC)CC1CCN(C(=O)[C@H]2CCCCN2)CC1.Cl.Cl. The minimum atomic E-state index is 0. The average Bonchev–Trinajstić information content (AvgIpc) is 2.53. The van der Waals surface area contributed by atoms with E-state index in [-0.39, 0.29) is 30.9 Å². The Morgan fingerprint density at radius 1 is 1.09 bits per heavy atom. The molecule has 2 aliphatic rings. The van der Waals surface area contributed by atoms with Gasteiger partial charge in [-0.15, -0.1) is 24.8 Å². The molecule has 0 radical (unpaired) electrons. The monoisotopic (exact) mass is 353 g/mol. The van der Waals surface area contributed by atoms with E-state index in [9.17, 15) is 4.79 Å². The molecule has 4 nitrogen and oxygen atoms in total. The largest absolute Gasteiger partial charge is 0.341 e. The molecule has 132 valence electrons. The molecule has 2 fully saturated rings. The van der Waals surface area contributed by atoms with Gasteiger partial charge in [0.25, 0.3) is 0 Å². The summed E-state index contributed by atoms with van der Waals surface area (Å²) in [5.74, 6) is 1.13. The predicted molar refractivity (Wildman–Crippen MR) is 97.2 cm³/mol. The number of halogens is 2. The van der Waals surface area contributed by atoms with Gasteiger partial charge in [0.15, 0.2) is 0 Å². The number of hydrogen-bond acceptors (Lipinski definition) is 3. The Kier molecular flexibility index (Phi) is 11.5. The lowest BCUT2D eigenvalue weighted by molar-refractivity contribution is -0.135. The molecule has 1 N–H and O–H groups in total. The highest BCUT2D eigenvalue weighted by molar-refractivity contribution is 5.85. The molecule has 0 aromatic rings. The molecule has 1 amide bonds. The lowest BCUT2D eigenvalue weighted by atomic mass is 9.95. The van der Waals surface area contributed by atoms with Crippen LogP contribution in [0.5, 0.6) is 0 Å². The fraction of sp³-hybridized carbons (Fsp3) is 0.938. The molecule has 2 aliphatic heterocycles. The minimum Gasteiger partial charge on any atom is -0.341 e. The van der Waals surface area contributed by atoms with Crippen LogP contribution in [0.4, 0.5) is 0 Å². The van der Waals surface area contributed by atoms with Crippen molar-refractivity contribution in [2.45, 2.75) is 52.0 Å². The zero-order valence-corrected chi connectivity index (χ0v) is 15.7. The number of likely N-dealkylation sites (tertiary alicyclic amines) is 1. The van der Waals surface area contributed by atoms with Crippen LogP contribution in [-0.2, 0) is 4.79 Å². The first-order valence-electron chi connectivity index (χ1n) is 8.49. The Balaban J connectivity index is 0.00000220. The van der Waals surface area contributed by atoms with E-state index in [0.717, 1.165) is 45.1 Å². The fourth-order valence-electron chi connectivity index (χ4n) is 3.47. The third kappa shape index (κ3) is 6.23. The number of amides is 1. The number of hydrogen-bond donors (Lipinski definition) is 1. The number of nitrogens with one attached hydrogen (secondary N) is 1. The molecule has 1 atom stereocenters. The highest BCUT2D eigenvalue weighted by atomic mass is 35.5. The first kappa shape index (κ1) is 22.0. The van der Waals surface area contributed by atoms with E-state index < -0.39 is 0 Å². The summed E-state index contributed by atoms with van der Waals surface area (Å²) in [5, 5.41) is 3.38. The lowest BCUT2D eigenvalue weighted by Crippen LogP contribution is -2.51. The van der Waals surface area contributed by atoms with E-state index in [1.807, 2.05) is 0 Å². The summed E-state index contributed by atoms with van der Waals surface area (Å²) in [6.45, 7) is 10.9. The molecule has 6 heteroatoms.